The van der Waals surface area contributed by atoms with E-state index >= 15 is 0 Å². The van der Waals surface area contributed by atoms with Crippen molar-refractivity contribution < 1.29 is 105 Å². The highest BCUT2D eigenvalue weighted by atomic mass is 32.3. The Kier molecular flexibility index (Phi) is 13.4. The molecule has 0 unspecified atom stereocenters. The molecule has 0 amide bonds. The van der Waals surface area contributed by atoms with Gasteiger partial charge in [-0.15, -0.1) is 0 Å². The quantitative estimate of drug-likeness (QED) is 0.135. The molecule has 2 rings (SSSR count). The van der Waals surface area contributed by atoms with Gasteiger partial charge in [0, 0.05) is 37.3 Å². The van der Waals surface area contributed by atoms with Crippen LogP contribution >= 0.6 is 0 Å². The summed E-state index contributed by atoms with van der Waals surface area (Å²) >= 11 is 0. The van der Waals surface area contributed by atoms with Crippen LogP contribution in [0.25, 0.3) is 0 Å². The second-order valence-corrected chi connectivity index (χ2v) is 19.5. The van der Waals surface area contributed by atoms with Crippen LogP contribution < -0.4 is 4.13 Å². The molecule has 0 atom stereocenters. The van der Waals surface area contributed by atoms with Gasteiger partial charge in [-0.05, 0) is 39.5 Å². The molecule has 1 N–H and O–H groups in total. The molecule has 0 radical (unpaired) electrons. The predicted molar refractivity (Wildman–Crippen MR) is 159 cm³/mol. The number of rotatable bonds is 16. The van der Waals surface area contributed by atoms with Gasteiger partial charge in [-0.25, -0.2) is 43.3 Å². The average Bonchev–Trinajstić information content (AvgIpc) is 3.03. The van der Waals surface area contributed by atoms with Gasteiger partial charge in [-0.1, -0.05) is 17.3 Å². The van der Waals surface area contributed by atoms with Gasteiger partial charge in [-0.3, -0.25) is 0 Å². The standard InChI is InChI=1S/C24H29F12N3O12S4/c1-13(2)17(40)50-15-5-9-38(10-6-15)54(46,47)23(33,34)19(25,26)21(29,30)52(42,43)37-53(44,45)22(31,32)20(27,28)24(35,36)55(48,49)39-11-7-16(8-12-39)51-18(41)14(3)4/h15-16,37H,1,3,5-12H2,2,4H3. The second kappa shape index (κ2) is 15.2. The zero-order valence-corrected chi connectivity index (χ0v) is 31.0. The van der Waals surface area contributed by atoms with E-state index in [0.717, 1.165) is 13.8 Å². The van der Waals surface area contributed by atoms with Crippen LogP contribution in [0.15, 0.2) is 24.3 Å². The molecule has 2 saturated heterocycles. The number of carbonyl (C=O) groups is 2. The number of halogens is 12. The van der Waals surface area contributed by atoms with Crippen molar-refractivity contribution in [3.8, 4) is 0 Å². The Bertz CT molecular complexity index is 1850. The molecule has 0 bridgehead atoms. The third kappa shape index (κ3) is 8.19. The number of sulfonamides is 4. The van der Waals surface area contributed by atoms with Crippen LogP contribution in [0.5, 0.6) is 0 Å². The van der Waals surface area contributed by atoms with Crippen LogP contribution in [0.2, 0.25) is 0 Å². The molecule has 0 aromatic rings. The third-order valence-electron chi connectivity index (χ3n) is 7.73. The molecule has 0 saturated carbocycles. The number of piperidine rings is 2. The summed E-state index contributed by atoms with van der Waals surface area (Å²) in [6.45, 7) is 3.48. The smallest absolute Gasteiger partial charge is 0.429 e. The van der Waals surface area contributed by atoms with Gasteiger partial charge in [0.05, 0.1) is 0 Å². The van der Waals surface area contributed by atoms with Crippen molar-refractivity contribution in [1.82, 2.24) is 12.7 Å². The molecule has 31 heteroatoms. The van der Waals surface area contributed by atoms with Crippen molar-refractivity contribution in [1.29, 1.82) is 0 Å². The van der Waals surface area contributed by atoms with Gasteiger partial charge in [-0.2, -0.15) is 61.3 Å². The van der Waals surface area contributed by atoms with E-state index in [4.69, 9.17) is 9.47 Å². The van der Waals surface area contributed by atoms with Crippen LogP contribution in [0.3, 0.4) is 0 Å². The summed E-state index contributed by atoms with van der Waals surface area (Å²) in [6, 6.07) is 0. The normalized spacial score (nSPS) is 19.2. The fraction of sp³-hybridized carbons (Fsp3) is 0.750. The number of alkyl halides is 12. The maximum absolute atomic E-state index is 14.8. The summed E-state index contributed by atoms with van der Waals surface area (Å²) < 4.78 is 281. The Labute approximate surface area is 304 Å². The summed E-state index contributed by atoms with van der Waals surface area (Å²) in [5.41, 5.74) is -0.421. The van der Waals surface area contributed by atoms with Gasteiger partial charge in [0.1, 0.15) is 12.2 Å². The third-order valence-corrected chi connectivity index (χ3v) is 15.2. The molecule has 0 aromatic carbocycles. The monoisotopic (exact) mass is 907 g/mol. The molecule has 2 heterocycles. The van der Waals surface area contributed by atoms with Gasteiger partial charge in [0.2, 0.25) is 0 Å². The predicted octanol–water partition coefficient (Wildman–Crippen LogP) is 2.70. The lowest BCUT2D eigenvalue weighted by Gasteiger charge is -2.38. The molecule has 2 aliphatic rings. The number of hydrogen-bond donors (Lipinski definition) is 1. The molecule has 0 spiro atoms. The van der Waals surface area contributed by atoms with Crippen LogP contribution in [0, 0.1) is 0 Å². The Morgan fingerprint density at radius 3 is 0.982 bits per heavy atom. The first-order chi connectivity index (χ1) is 24.3. The zero-order valence-electron chi connectivity index (χ0n) is 27.7. The maximum atomic E-state index is 14.8. The number of hydrogen-bond acceptors (Lipinski definition) is 12. The SMILES string of the molecule is C=C(C)C(=O)OC1CCN(S(=O)(=O)C(F)(F)C(F)(F)C(F)(F)S(=O)(=O)NS(=O)(=O)C(F)(F)C(F)(F)C(F)(F)S(=O)(=O)N2CCC(OC(=O)C(=C)C)CC2)CC1. The van der Waals surface area contributed by atoms with E-state index in [9.17, 15) is 95.9 Å². The first kappa shape index (κ1) is 48.4. The number of nitrogens with zero attached hydrogens (tertiary/aromatic N) is 2. The summed E-state index contributed by atoms with van der Waals surface area (Å²) in [6.07, 6.45) is -5.62. The van der Waals surface area contributed by atoms with Crippen molar-refractivity contribution in [2.45, 2.75) is 84.6 Å². The summed E-state index contributed by atoms with van der Waals surface area (Å²) in [7, 11) is -31.5. The highest BCUT2D eigenvalue weighted by Crippen LogP contribution is 2.54. The molecule has 320 valence electrons. The van der Waals surface area contributed by atoms with Crippen LogP contribution in [0.1, 0.15) is 39.5 Å². The highest BCUT2D eigenvalue weighted by Gasteiger charge is 2.86. The summed E-state index contributed by atoms with van der Waals surface area (Å²) in [5.74, 6) is -18.0. The highest BCUT2D eigenvalue weighted by molar-refractivity contribution is 8.05. The Balaban J connectivity index is 2.40. The van der Waals surface area contributed by atoms with Crippen molar-refractivity contribution in [2.75, 3.05) is 26.2 Å². The average molecular weight is 908 g/mol. The Morgan fingerprint density at radius 2 is 0.764 bits per heavy atom. The van der Waals surface area contributed by atoms with Crippen molar-refractivity contribution in [3.05, 3.63) is 24.3 Å². The van der Waals surface area contributed by atoms with E-state index in [1.807, 2.05) is 0 Å². The number of carbonyl (C=O) groups excluding carboxylic acids is 2. The number of nitrogens with one attached hydrogen (secondary N) is 1. The van der Waals surface area contributed by atoms with Crippen LogP contribution in [0.4, 0.5) is 52.7 Å². The van der Waals surface area contributed by atoms with Crippen molar-refractivity contribution in [3.63, 3.8) is 0 Å². The van der Waals surface area contributed by atoms with Gasteiger partial charge in [0.15, 0.2) is 0 Å². The molecular formula is C24H29F12N3O12S4. The minimum Gasteiger partial charge on any atom is -0.459 e. The fourth-order valence-electron chi connectivity index (χ4n) is 4.46. The lowest BCUT2D eigenvalue weighted by atomic mass is 10.1. The maximum Gasteiger partial charge on any atom is 0.429 e. The lowest BCUT2D eigenvalue weighted by Crippen LogP contribution is -2.68. The topological polar surface area (TPSA) is 208 Å². The van der Waals surface area contributed by atoms with Gasteiger partial charge >= 0.3 is 44.8 Å². The van der Waals surface area contributed by atoms with E-state index in [-0.39, 0.29) is 11.1 Å². The van der Waals surface area contributed by atoms with Crippen LogP contribution in [-0.2, 0) is 59.2 Å². The van der Waals surface area contributed by atoms with E-state index in [1.165, 1.54) is 0 Å². The molecule has 2 fully saturated rings. The Hall–Kier alpha value is -2.74. The van der Waals surface area contributed by atoms with Gasteiger partial charge in [0.25, 0.3) is 40.1 Å². The van der Waals surface area contributed by atoms with E-state index in [2.05, 4.69) is 13.2 Å². The van der Waals surface area contributed by atoms with Gasteiger partial charge < -0.3 is 9.47 Å². The molecule has 0 aromatic heterocycles. The first-order valence-electron chi connectivity index (χ1n) is 14.6. The number of esters is 2. The van der Waals surface area contributed by atoms with Crippen molar-refractivity contribution in [2.24, 2.45) is 0 Å². The lowest BCUT2D eigenvalue weighted by molar-refractivity contribution is -0.246. The van der Waals surface area contributed by atoms with Crippen molar-refractivity contribution >= 4 is 52.0 Å². The zero-order chi connectivity index (χ0) is 43.4. The molecule has 55 heavy (non-hydrogen) atoms. The minimum atomic E-state index is -8.56. The molecular weight excluding hydrogens is 879 g/mol. The largest absolute Gasteiger partial charge is 0.459 e. The first-order valence-corrected chi connectivity index (χ1v) is 20.4. The summed E-state index contributed by atoms with van der Waals surface area (Å²) in [5, 5.41) is -30.5. The minimum absolute atomic E-state index is 0.210. The second-order valence-electron chi connectivity index (χ2n) is 11.9. The van der Waals surface area contributed by atoms with E-state index in [0.29, 0.717) is 0 Å². The molecule has 0 aliphatic carbocycles. The fourth-order valence-corrected chi connectivity index (χ4v) is 10.4. The van der Waals surface area contributed by atoms with E-state index in [1.54, 1.807) is 0 Å². The molecule has 2 aliphatic heterocycles. The van der Waals surface area contributed by atoms with Crippen LogP contribution in [-0.4, -0.2) is 125 Å². The van der Waals surface area contributed by atoms with E-state index < -0.39 is 162 Å². The number of ether oxygens (including phenoxy) is 2. The summed E-state index contributed by atoms with van der Waals surface area (Å²) in [4.78, 5) is 23.2. The Morgan fingerprint density at radius 1 is 0.527 bits per heavy atom. The molecule has 15 nitrogen and oxygen atoms in total.